The number of carbonyl (C=O) groups excluding carboxylic acids is 1. The van der Waals surface area contributed by atoms with Gasteiger partial charge in [0.15, 0.2) is 5.96 Å². The third-order valence-corrected chi connectivity index (χ3v) is 5.31. The number of aryl methyl sites for hydroxylation is 1. The number of hydrogen-bond donors (Lipinski definition) is 2. The van der Waals surface area contributed by atoms with E-state index in [1.54, 1.807) is 0 Å². The van der Waals surface area contributed by atoms with Crippen LogP contribution >= 0.6 is 11.3 Å². The van der Waals surface area contributed by atoms with Gasteiger partial charge in [0.1, 0.15) is 0 Å². The largest absolute Gasteiger partial charge is 0.370 e. The first-order valence-electron chi connectivity index (χ1n) is 8.51. The van der Waals surface area contributed by atoms with Crippen molar-refractivity contribution < 1.29 is 4.79 Å². The van der Waals surface area contributed by atoms with E-state index in [1.165, 1.54) is 9.75 Å². The molecular weight excluding hydrogens is 308 g/mol. The molecule has 1 atom stereocenters. The van der Waals surface area contributed by atoms with E-state index >= 15 is 0 Å². The van der Waals surface area contributed by atoms with Gasteiger partial charge in [-0.2, -0.15) is 0 Å². The number of nitrogens with one attached hydrogen (secondary N) is 1. The molecule has 128 valence electrons. The number of likely N-dealkylation sites (tertiary alicyclic amines) is 1. The molecule has 1 aliphatic rings. The molecular formula is C17H28N4OS. The number of guanidine groups is 1. The van der Waals surface area contributed by atoms with Gasteiger partial charge in [-0.25, -0.2) is 4.99 Å². The predicted octanol–water partition coefficient (Wildman–Crippen LogP) is 2.36. The lowest BCUT2D eigenvalue weighted by Gasteiger charge is -2.34. The number of carbonyl (C=O) groups is 1. The Morgan fingerprint density at radius 3 is 2.87 bits per heavy atom. The molecule has 1 amide bonds. The van der Waals surface area contributed by atoms with E-state index in [2.05, 4.69) is 36.2 Å². The van der Waals surface area contributed by atoms with Crippen LogP contribution in [0, 0.1) is 5.92 Å². The van der Waals surface area contributed by atoms with Crippen LogP contribution in [0.25, 0.3) is 0 Å². The summed E-state index contributed by atoms with van der Waals surface area (Å²) in [5.74, 6) is 1.09. The molecule has 1 aromatic heterocycles. The summed E-state index contributed by atoms with van der Waals surface area (Å²) in [6.45, 7) is 7.67. The number of primary amides is 1. The van der Waals surface area contributed by atoms with Crippen molar-refractivity contribution in [3.05, 3.63) is 21.9 Å². The second-order valence-corrected chi connectivity index (χ2v) is 7.27. The Balaban J connectivity index is 2.01. The lowest BCUT2D eigenvalue weighted by molar-refractivity contribution is -0.119. The van der Waals surface area contributed by atoms with Crippen molar-refractivity contribution in [1.82, 2.24) is 10.2 Å². The molecule has 1 saturated heterocycles. The molecule has 1 aromatic rings. The molecule has 0 bridgehead atoms. The molecule has 23 heavy (non-hydrogen) atoms. The molecule has 0 saturated carbocycles. The van der Waals surface area contributed by atoms with E-state index in [1.807, 2.05) is 11.3 Å². The second kappa shape index (κ2) is 8.91. The highest BCUT2D eigenvalue weighted by Crippen LogP contribution is 2.21. The van der Waals surface area contributed by atoms with Gasteiger partial charge < -0.3 is 16.0 Å². The molecule has 0 radical (unpaired) electrons. The molecule has 2 heterocycles. The van der Waals surface area contributed by atoms with Gasteiger partial charge in [0, 0.05) is 35.8 Å². The van der Waals surface area contributed by atoms with Gasteiger partial charge in [0.25, 0.3) is 0 Å². The van der Waals surface area contributed by atoms with E-state index in [-0.39, 0.29) is 5.91 Å². The number of aliphatic imine (C=N–C) groups is 1. The molecule has 2 rings (SSSR count). The molecule has 0 spiro atoms. The summed E-state index contributed by atoms with van der Waals surface area (Å²) in [4.78, 5) is 20.9. The highest BCUT2D eigenvalue weighted by atomic mass is 32.1. The third kappa shape index (κ3) is 5.53. The Morgan fingerprint density at radius 1 is 1.43 bits per heavy atom. The first-order valence-corrected chi connectivity index (χ1v) is 9.33. The normalized spacial score (nSPS) is 19.0. The van der Waals surface area contributed by atoms with Gasteiger partial charge in [-0.15, -0.1) is 11.3 Å². The van der Waals surface area contributed by atoms with E-state index in [4.69, 9.17) is 10.7 Å². The van der Waals surface area contributed by atoms with Gasteiger partial charge in [-0.05, 0) is 44.2 Å². The van der Waals surface area contributed by atoms with Crippen LogP contribution in [0.4, 0.5) is 0 Å². The van der Waals surface area contributed by atoms with Gasteiger partial charge in [0.2, 0.25) is 5.91 Å². The minimum absolute atomic E-state index is 0.204. The van der Waals surface area contributed by atoms with Crippen molar-refractivity contribution in [3.63, 3.8) is 0 Å². The monoisotopic (exact) mass is 336 g/mol. The van der Waals surface area contributed by atoms with Gasteiger partial charge in [-0.3, -0.25) is 4.79 Å². The van der Waals surface area contributed by atoms with Crippen LogP contribution in [0.3, 0.4) is 0 Å². The van der Waals surface area contributed by atoms with Crippen LogP contribution in [0.5, 0.6) is 0 Å². The minimum Gasteiger partial charge on any atom is -0.370 e. The number of thiophene rings is 1. The van der Waals surface area contributed by atoms with Crippen molar-refractivity contribution in [2.45, 2.75) is 46.1 Å². The number of piperidine rings is 1. The van der Waals surface area contributed by atoms with Crippen molar-refractivity contribution >= 4 is 23.2 Å². The second-order valence-electron chi connectivity index (χ2n) is 6.02. The van der Waals surface area contributed by atoms with Crippen molar-refractivity contribution in [3.8, 4) is 0 Å². The molecule has 6 heteroatoms. The molecule has 5 nitrogen and oxygen atoms in total. The lowest BCUT2D eigenvalue weighted by atomic mass is 9.95. The number of nitrogens with two attached hydrogens (primary N) is 1. The summed E-state index contributed by atoms with van der Waals surface area (Å²) < 4.78 is 0. The van der Waals surface area contributed by atoms with E-state index < -0.39 is 0 Å². The summed E-state index contributed by atoms with van der Waals surface area (Å²) in [5.41, 5.74) is 5.35. The van der Waals surface area contributed by atoms with Crippen LogP contribution in [0.1, 0.15) is 42.9 Å². The SMILES string of the molecule is CCNC(=NCc1ccc(CC)s1)N1CCCC(CC(N)=O)C1. The third-order valence-electron chi connectivity index (χ3n) is 4.09. The molecule has 3 N–H and O–H groups in total. The Hall–Kier alpha value is -1.56. The van der Waals surface area contributed by atoms with Crippen molar-refractivity contribution in [2.75, 3.05) is 19.6 Å². The highest BCUT2D eigenvalue weighted by molar-refractivity contribution is 7.11. The van der Waals surface area contributed by atoms with Crippen molar-refractivity contribution in [1.29, 1.82) is 0 Å². The first-order chi connectivity index (χ1) is 11.1. The summed E-state index contributed by atoms with van der Waals surface area (Å²) >= 11 is 1.83. The Labute approximate surface area is 143 Å². The molecule has 0 aromatic carbocycles. The van der Waals surface area contributed by atoms with Crippen molar-refractivity contribution in [2.24, 2.45) is 16.6 Å². The first kappa shape index (κ1) is 17.8. The summed E-state index contributed by atoms with van der Waals surface area (Å²) in [6.07, 6.45) is 3.71. The maximum atomic E-state index is 11.2. The van der Waals surface area contributed by atoms with Crippen LogP contribution in [0.15, 0.2) is 17.1 Å². The number of amides is 1. The van der Waals surface area contributed by atoms with Gasteiger partial charge >= 0.3 is 0 Å². The van der Waals surface area contributed by atoms with E-state index in [9.17, 15) is 4.79 Å². The number of rotatable bonds is 6. The maximum absolute atomic E-state index is 11.2. The van der Waals surface area contributed by atoms with Crippen LogP contribution in [-0.2, 0) is 17.8 Å². The smallest absolute Gasteiger partial charge is 0.217 e. The summed E-state index contributed by atoms with van der Waals surface area (Å²) in [7, 11) is 0. The number of hydrogen-bond acceptors (Lipinski definition) is 3. The zero-order valence-electron chi connectivity index (χ0n) is 14.2. The van der Waals surface area contributed by atoms with Gasteiger partial charge in [0.05, 0.1) is 6.54 Å². The van der Waals surface area contributed by atoms with E-state index in [0.717, 1.165) is 44.9 Å². The zero-order chi connectivity index (χ0) is 16.7. The zero-order valence-corrected chi connectivity index (χ0v) is 15.0. The Kier molecular flexibility index (Phi) is 6.89. The summed E-state index contributed by atoms with van der Waals surface area (Å²) in [6, 6.07) is 4.36. The molecule has 1 unspecified atom stereocenters. The maximum Gasteiger partial charge on any atom is 0.217 e. The molecule has 1 aliphatic heterocycles. The minimum atomic E-state index is -0.204. The standard InChI is InChI=1S/C17H28N4OS/c1-3-14-7-8-15(23-14)11-20-17(19-4-2)21-9-5-6-13(12-21)10-16(18)22/h7-8,13H,3-6,9-12H2,1-2H3,(H2,18,22)(H,19,20). The average Bonchev–Trinajstić information content (AvgIpc) is 2.99. The fraction of sp³-hybridized carbons (Fsp3) is 0.647. The Morgan fingerprint density at radius 2 is 2.22 bits per heavy atom. The highest BCUT2D eigenvalue weighted by Gasteiger charge is 2.23. The van der Waals surface area contributed by atoms with Gasteiger partial charge in [-0.1, -0.05) is 6.92 Å². The average molecular weight is 337 g/mol. The fourth-order valence-corrected chi connectivity index (χ4v) is 3.87. The Bertz CT molecular complexity index is 540. The quantitative estimate of drug-likeness (QED) is 0.619. The summed E-state index contributed by atoms with van der Waals surface area (Å²) in [5, 5.41) is 3.38. The van der Waals surface area contributed by atoms with E-state index in [0.29, 0.717) is 18.9 Å². The lowest BCUT2D eigenvalue weighted by Crippen LogP contribution is -2.47. The molecule has 0 aliphatic carbocycles. The van der Waals surface area contributed by atoms with Crippen LogP contribution < -0.4 is 11.1 Å². The molecule has 1 fully saturated rings. The topological polar surface area (TPSA) is 70.7 Å². The fourth-order valence-electron chi connectivity index (χ4n) is 2.98. The van der Waals surface area contributed by atoms with Crippen LogP contribution in [-0.4, -0.2) is 36.4 Å². The van der Waals surface area contributed by atoms with Crippen LogP contribution in [0.2, 0.25) is 0 Å². The number of nitrogens with zero attached hydrogens (tertiary/aromatic N) is 2. The predicted molar refractivity (Wildman–Crippen MR) is 96.6 cm³/mol.